The summed E-state index contributed by atoms with van der Waals surface area (Å²) in [5, 5.41) is 10.1. The second kappa shape index (κ2) is 7.99. The first-order valence-electron chi connectivity index (χ1n) is 10.7. The van der Waals surface area contributed by atoms with E-state index in [4.69, 9.17) is 4.98 Å². The predicted octanol–water partition coefficient (Wildman–Crippen LogP) is 2.60. The molecular formula is C23H27N5O2. The molecule has 0 aliphatic carbocycles. The van der Waals surface area contributed by atoms with Crippen molar-refractivity contribution in [1.29, 1.82) is 0 Å². The number of benzene rings is 1. The smallest absolute Gasteiger partial charge is 0.274 e. The van der Waals surface area contributed by atoms with Crippen LogP contribution >= 0.6 is 0 Å². The Morgan fingerprint density at radius 3 is 2.43 bits per heavy atom. The Morgan fingerprint density at radius 1 is 0.933 bits per heavy atom. The molecule has 2 fully saturated rings. The molecule has 0 spiro atoms. The molecule has 0 radical (unpaired) electrons. The molecule has 1 N–H and O–H groups in total. The number of phenolic OH excluding ortho intramolecular Hbond substituents is 1. The summed E-state index contributed by atoms with van der Waals surface area (Å²) in [7, 11) is 0. The molecule has 1 aromatic carbocycles. The minimum Gasteiger partial charge on any atom is -0.506 e. The molecule has 2 aliphatic heterocycles. The van der Waals surface area contributed by atoms with Crippen molar-refractivity contribution in [3.8, 4) is 5.75 Å². The van der Waals surface area contributed by atoms with Gasteiger partial charge in [0.1, 0.15) is 11.4 Å². The van der Waals surface area contributed by atoms with Gasteiger partial charge in [-0.3, -0.25) is 9.69 Å². The van der Waals surface area contributed by atoms with E-state index in [1.54, 1.807) is 6.07 Å². The lowest BCUT2D eigenvalue weighted by molar-refractivity contribution is 0.0785. The quantitative estimate of drug-likeness (QED) is 0.723. The van der Waals surface area contributed by atoms with Crippen molar-refractivity contribution < 1.29 is 9.90 Å². The number of nitrogens with zero attached hydrogens (tertiary/aromatic N) is 5. The van der Waals surface area contributed by atoms with Crippen LogP contribution in [-0.4, -0.2) is 69.5 Å². The highest BCUT2D eigenvalue weighted by Gasteiger charge is 2.28. The van der Waals surface area contributed by atoms with Gasteiger partial charge in [0.25, 0.3) is 5.91 Å². The third-order valence-electron chi connectivity index (χ3n) is 6.19. The van der Waals surface area contributed by atoms with Crippen LogP contribution < -0.4 is 4.90 Å². The number of fused-ring (bicyclic) bond motifs is 1. The first-order chi connectivity index (χ1) is 14.7. The van der Waals surface area contributed by atoms with E-state index in [0.717, 1.165) is 69.1 Å². The van der Waals surface area contributed by atoms with E-state index in [1.807, 2.05) is 47.5 Å². The average molecular weight is 406 g/mol. The first-order valence-corrected chi connectivity index (χ1v) is 10.7. The molecule has 1 amide bonds. The van der Waals surface area contributed by atoms with Crippen LogP contribution in [0, 0.1) is 0 Å². The van der Waals surface area contributed by atoms with Crippen molar-refractivity contribution in [2.45, 2.75) is 19.4 Å². The number of rotatable bonds is 4. The van der Waals surface area contributed by atoms with Crippen LogP contribution in [-0.2, 0) is 6.54 Å². The van der Waals surface area contributed by atoms with Gasteiger partial charge in [0.05, 0.1) is 11.4 Å². The van der Waals surface area contributed by atoms with Gasteiger partial charge in [-0.1, -0.05) is 18.2 Å². The number of carbonyl (C=O) groups is 1. The van der Waals surface area contributed by atoms with E-state index in [9.17, 15) is 9.90 Å². The third-order valence-corrected chi connectivity index (χ3v) is 6.19. The summed E-state index contributed by atoms with van der Waals surface area (Å²) in [6.07, 6.45) is 4.14. The molecule has 2 saturated heterocycles. The summed E-state index contributed by atoms with van der Waals surface area (Å²) in [4.78, 5) is 24.4. The fraction of sp³-hybridized carbons (Fsp3) is 0.391. The molecule has 2 aliphatic rings. The maximum Gasteiger partial charge on any atom is 0.274 e. The number of pyridine rings is 1. The van der Waals surface area contributed by atoms with Gasteiger partial charge in [-0.25, -0.2) is 4.98 Å². The normalized spacial score (nSPS) is 17.7. The van der Waals surface area contributed by atoms with Gasteiger partial charge in [-0.15, -0.1) is 0 Å². The zero-order valence-corrected chi connectivity index (χ0v) is 17.1. The fourth-order valence-electron chi connectivity index (χ4n) is 4.53. The second-order valence-corrected chi connectivity index (χ2v) is 8.09. The Morgan fingerprint density at radius 2 is 1.67 bits per heavy atom. The van der Waals surface area contributed by atoms with Crippen molar-refractivity contribution >= 4 is 17.2 Å². The molecule has 156 valence electrons. The molecule has 2 aromatic heterocycles. The van der Waals surface area contributed by atoms with Gasteiger partial charge in [0.2, 0.25) is 0 Å². The number of piperazine rings is 1. The van der Waals surface area contributed by atoms with Crippen molar-refractivity contribution in [3.63, 3.8) is 0 Å². The van der Waals surface area contributed by atoms with Crippen molar-refractivity contribution in [1.82, 2.24) is 19.2 Å². The van der Waals surface area contributed by atoms with Gasteiger partial charge in [0.15, 0.2) is 5.69 Å². The highest BCUT2D eigenvalue weighted by molar-refractivity contribution is 5.94. The summed E-state index contributed by atoms with van der Waals surface area (Å²) in [6, 6.07) is 13.4. The van der Waals surface area contributed by atoms with Crippen LogP contribution in [0.3, 0.4) is 0 Å². The van der Waals surface area contributed by atoms with E-state index < -0.39 is 0 Å². The Balaban J connectivity index is 1.36. The number of phenols is 1. The van der Waals surface area contributed by atoms with Gasteiger partial charge >= 0.3 is 0 Å². The molecule has 0 atom stereocenters. The Bertz CT molecular complexity index is 1050. The van der Waals surface area contributed by atoms with E-state index in [2.05, 4.69) is 14.2 Å². The van der Waals surface area contributed by atoms with Crippen LogP contribution in [0.5, 0.6) is 5.75 Å². The lowest BCUT2D eigenvalue weighted by Gasteiger charge is -2.36. The Hall–Kier alpha value is -3.06. The molecule has 0 unspecified atom stereocenters. The Kier molecular flexibility index (Phi) is 5.04. The third kappa shape index (κ3) is 3.50. The van der Waals surface area contributed by atoms with Crippen molar-refractivity contribution in [2.24, 2.45) is 0 Å². The van der Waals surface area contributed by atoms with Crippen molar-refractivity contribution in [2.75, 3.05) is 44.2 Å². The second-order valence-electron chi connectivity index (χ2n) is 8.09. The minimum atomic E-state index is 0.0547. The number of amides is 1. The topological polar surface area (TPSA) is 64.3 Å². The summed E-state index contributed by atoms with van der Waals surface area (Å²) in [5.41, 5.74) is 3.27. The zero-order valence-electron chi connectivity index (χ0n) is 17.1. The largest absolute Gasteiger partial charge is 0.506 e. The molecular weight excluding hydrogens is 378 g/mol. The number of hydrogen-bond donors (Lipinski definition) is 1. The molecule has 0 bridgehead atoms. The molecule has 5 rings (SSSR count). The lowest BCUT2D eigenvalue weighted by atomic mass is 10.2. The highest BCUT2D eigenvalue weighted by Crippen LogP contribution is 2.28. The maximum atomic E-state index is 13.1. The summed E-state index contributed by atoms with van der Waals surface area (Å²) >= 11 is 0. The molecule has 30 heavy (non-hydrogen) atoms. The number of aromatic hydroxyl groups is 1. The van der Waals surface area contributed by atoms with Crippen LogP contribution in [0.2, 0.25) is 0 Å². The predicted molar refractivity (Wildman–Crippen MR) is 116 cm³/mol. The summed E-state index contributed by atoms with van der Waals surface area (Å²) in [5.74, 6) is 0.380. The van der Waals surface area contributed by atoms with Crippen LogP contribution in [0.4, 0.5) is 5.69 Å². The molecule has 4 heterocycles. The van der Waals surface area contributed by atoms with Crippen LogP contribution in [0.15, 0.2) is 48.7 Å². The number of hydrogen-bond acceptors (Lipinski definition) is 5. The van der Waals surface area contributed by atoms with Gasteiger partial charge < -0.3 is 19.3 Å². The van der Waals surface area contributed by atoms with Gasteiger partial charge in [-0.2, -0.15) is 0 Å². The molecule has 7 heteroatoms. The number of aromatic nitrogens is 2. The molecule has 3 aromatic rings. The van der Waals surface area contributed by atoms with E-state index >= 15 is 0 Å². The summed E-state index contributed by atoms with van der Waals surface area (Å²) in [6.45, 7) is 5.75. The SMILES string of the molecule is O=C(c1nc2ccccn2c1CN1CCN(c2ccccc2O)CC1)N1CCCC1. The van der Waals surface area contributed by atoms with Crippen LogP contribution in [0.25, 0.3) is 5.65 Å². The average Bonchev–Trinajstić information content (AvgIpc) is 3.43. The number of carbonyl (C=O) groups excluding carboxylic acids is 1. The number of para-hydroxylation sites is 2. The molecule has 7 nitrogen and oxygen atoms in total. The Labute approximate surface area is 176 Å². The number of likely N-dealkylation sites (tertiary alicyclic amines) is 1. The molecule has 0 saturated carbocycles. The first kappa shape index (κ1) is 18.9. The van der Waals surface area contributed by atoms with Gasteiger partial charge in [0, 0.05) is 52.0 Å². The zero-order chi connectivity index (χ0) is 20.5. The standard InChI is InChI=1S/C23H27N5O2/c29-20-8-2-1-7-18(20)26-15-13-25(14-16-26)17-19-22(23(30)27-10-5-6-11-27)24-21-9-3-4-12-28(19)21/h1-4,7-9,12,29H,5-6,10-11,13-17H2. The lowest BCUT2D eigenvalue weighted by Crippen LogP contribution is -2.46. The number of anilines is 1. The van der Waals surface area contributed by atoms with Crippen LogP contribution in [0.1, 0.15) is 29.0 Å². The highest BCUT2D eigenvalue weighted by atomic mass is 16.3. The maximum absolute atomic E-state index is 13.1. The van der Waals surface area contributed by atoms with Gasteiger partial charge in [-0.05, 0) is 37.1 Å². The van der Waals surface area contributed by atoms with E-state index in [-0.39, 0.29) is 5.91 Å². The van der Waals surface area contributed by atoms with E-state index in [0.29, 0.717) is 18.0 Å². The van der Waals surface area contributed by atoms with Crippen molar-refractivity contribution in [3.05, 3.63) is 60.0 Å². The van der Waals surface area contributed by atoms with E-state index in [1.165, 1.54) is 0 Å². The number of imidazole rings is 1. The minimum absolute atomic E-state index is 0.0547. The summed E-state index contributed by atoms with van der Waals surface area (Å²) < 4.78 is 2.05. The monoisotopic (exact) mass is 405 g/mol. The fourth-order valence-corrected chi connectivity index (χ4v) is 4.53.